The third kappa shape index (κ3) is 2.91. The smallest absolute Gasteiger partial charge is 0.213 e. The van der Waals surface area contributed by atoms with Crippen molar-refractivity contribution in [1.29, 1.82) is 0 Å². The Morgan fingerprint density at radius 1 is 0.800 bits per heavy atom. The van der Waals surface area contributed by atoms with E-state index in [1.165, 1.54) is 0 Å². The van der Waals surface area contributed by atoms with Crippen molar-refractivity contribution >= 4 is 41.2 Å². The van der Waals surface area contributed by atoms with Gasteiger partial charge in [0.25, 0.3) is 0 Å². The summed E-state index contributed by atoms with van der Waals surface area (Å²) in [5, 5.41) is 0. The molecule has 0 aliphatic rings. The lowest BCUT2D eigenvalue weighted by Gasteiger charge is -2.30. The lowest BCUT2D eigenvalue weighted by atomic mass is 9.73. The topological polar surface area (TPSA) is 34.1 Å². The molecule has 0 aliphatic heterocycles. The van der Waals surface area contributed by atoms with Gasteiger partial charge in [0.1, 0.15) is 0 Å². The average molecular weight is 396 g/mol. The van der Waals surface area contributed by atoms with Gasteiger partial charge in [-0.15, -0.1) is 0 Å². The molecule has 102 valence electrons. The quantitative estimate of drug-likeness (QED) is 0.710. The van der Waals surface area contributed by atoms with Gasteiger partial charge in [-0.1, -0.05) is 60.7 Å². The van der Waals surface area contributed by atoms with Gasteiger partial charge in [-0.3, -0.25) is 9.59 Å². The molecule has 0 heterocycles. The first-order valence-electron chi connectivity index (χ1n) is 6.06. The molecule has 0 bridgehead atoms. The normalized spacial score (nSPS) is 11.1. The van der Waals surface area contributed by atoms with Crippen molar-refractivity contribution in [1.82, 2.24) is 0 Å². The van der Waals surface area contributed by atoms with E-state index in [4.69, 9.17) is 0 Å². The summed E-state index contributed by atoms with van der Waals surface area (Å²) in [7, 11) is 0. The summed E-state index contributed by atoms with van der Waals surface area (Å²) in [5.74, 6) is 0. The van der Waals surface area contributed by atoms with Crippen molar-refractivity contribution in [2.24, 2.45) is 0 Å². The van der Waals surface area contributed by atoms with Crippen molar-refractivity contribution < 1.29 is 9.59 Å². The number of rotatable bonds is 5. The molecule has 0 spiro atoms. The molecule has 2 nitrogen and oxygen atoms in total. The van der Waals surface area contributed by atoms with Crippen LogP contribution in [0.1, 0.15) is 17.5 Å². The van der Waals surface area contributed by atoms with Crippen LogP contribution >= 0.6 is 31.9 Å². The molecular weight excluding hydrogens is 384 g/mol. The van der Waals surface area contributed by atoms with Crippen LogP contribution in [0.4, 0.5) is 0 Å². The van der Waals surface area contributed by atoms with E-state index < -0.39 is 5.41 Å². The molecule has 0 amide bonds. The van der Waals surface area contributed by atoms with Gasteiger partial charge in [0, 0.05) is 6.42 Å². The Morgan fingerprint density at radius 3 is 1.50 bits per heavy atom. The minimum Gasteiger partial charge on any atom is -0.287 e. The number of carbonyl (C=O) groups excluding carboxylic acids is 2. The van der Waals surface area contributed by atoms with Crippen LogP contribution in [0.5, 0.6) is 0 Å². The van der Waals surface area contributed by atoms with E-state index in [1.807, 2.05) is 60.7 Å². The highest BCUT2D eigenvalue weighted by molar-refractivity contribution is 9.18. The largest absolute Gasteiger partial charge is 0.287 e. The lowest BCUT2D eigenvalue weighted by molar-refractivity contribution is -0.118. The fourth-order valence-electron chi connectivity index (χ4n) is 2.32. The van der Waals surface area contributed by atoms with Crippen LogP contribution in [0, 0.1) is 0 Å². The van der Waals surface area contributed by atoms with Crippen LogP contribution in [0.2, 0.25) is 0 Å². The summed E-state index contributed by atoms with van der Waals surface area (Å²) >= 11 is 6.05. The molecule has 0 N–H and O–H groups in total. The van der Waals surface area contributed by atoms with Crippen molar-refractivity contribution in [3.05, 3.63) is 71.8 Å². The molecule has 2 aromatic rings. The Kier molecular flexibility index (Phi) is 4.89. The minimum atomic E-state index is -1.01. The number of hydrogen-bond donors (Lipinski definition) is 0. The van der Waals surface area contributed by atoms with Gasteiger partial charge in [0.2, 0.25) is 4.69 Å². The van der Waals surface area contributed by atoms with E-state index >= 15 is 0 Å². The molecule has 0 saturated heterocycles. The molecular formula is C16H12Br2O2. The Hall–Kier alpha value is -1.26. The maximum Gasteiger partial charge on any atom is 0.213 e. The third-order valence-corrected chi connectivity index (χ3v) is 4.23. The second kappa shape index (κ2) is 6.46. The number of carbonyl (C=O) groups is 2. The van der Waals surface area contributed by atoms with Crippen molar-refractivity contribution in [3.63, 3.8) is 0 Å². The molecule has 0 atom stereocenters. The van der Waals surface area contributed by atoms with Crippen LogP contribution in [0.3, 0.4) is 0 Å². The maximum absolute atomic E-state index is 12.3. The van der Waals surface area contributed by atoms with Gasteiger partial charge in [0.15, 0.2) is 4.69 Å². The highest BCUT2D eigenvalue weighted by Gasteiger charge is 2.41. The van der Waals surface area contributed by atoms with E-state index in [1.54, 1.807) is 0 Å². The summed E-state index contributed by atoms with van der Waals surface area (Å²) in [6.45, 7) is 0. The Balaban J connectivity index is 2.69. The molecule has 4 heteroatoms. The number of benzene rings is 2. The van der Waals surface area contributed by atoms with Gasteiger partial charge >= 0.3 is 0 Å². The summed E-state index contributed by atoms with van der Waals surface area (Å²) < 4.78 is -0.437. The molecule has 0 radical (unpaired) electrons. The average Bonchev–Trinajstić information content (AvgIpc) is 2.46. The molecule has 20 heavy (non-hydrogen) atoms. The predicted octanol–water partition coefficient (Wildman–Crippen LogP) is 4.21. The number of halogens is 2. The first-order chi connectivity index (χ1) is 9.57. The Bertz CT molecular complexity index is 569. The molecule has 2 rings (SSSR count). The van der Waals surface area contributed by atoms with Crippen LogP contribution in [0.25, 0.3) is 0 Å². The fraction of sp³-hybridized carbons (Fsp3) is 0.125. The van der Waals surface area contributed by atoms with Gasteiger partial charge in [-0.05, 0) is 43.0 Å². The molecule has 2 aromatic carbocycles. The standard InChI is InChI=1S/C16H12Br2O2/c17-14(19)11-16(15(18)20,12-7-3-1-4-8-12)13-9-5-2-6-10-13/h1-10H,11H2. The third-order valence-electron chi connectivity index (χ3n) is 3.27. The molecule has 0 aliphatic carbocycles. The maximum atomic E-state index is 12.3. The van der Waals surface area contributed by atoms with Gasteiger partial charge < -0.3 is 0 Å². The Labute approximate surface area is 134 Å². The summed E-state index contributed by atoms with van der Waals surface area (Å²) in [6.07, 6.45) is 0.0606. The van der Waals surface area contributed by atoms with E-state index in [0.29, 0.717) is 0 Å². The summed E-state index contributed by atoms with van der Waals surface area (Å²) in [6, 6.07) is 18.7. The van der Waals surface area contributed by atoms with Gasteiger partial charge in [-0.25, -0.2) is 0 Å². The predicted molar refractivity (Wildman–Crippen MR) is 86.1 cm³/mol. The van der Waals surface area contributed by atoms with Crippen molar-refractivity contribution in [2.45, 2.75) is 11.8 Å². The van der Waals surface area contributed by atoms with E-state index in [2.05, 4.69) is 31.9 Å². The molecule has 0 unspecified atom stereocenters. The Morgan fingerprint density at radius 2 is 1.20 bits per heavy atom. The van der Waals surface area contributed by atoms with Gasteiger partial charge in [0.05, 0.1) is 5.41 Å². The first-order valence-corrected chi connectivity index (χ1v) is 7.65. The fourth-order valence-corrected chi connectivity index (χ4v) is 3.34. The second-order valence-corrected chi connectivity index (χ2v) is 6.05. The van der Waals surface area contributed by atoms with Crippen LogP contribution < -0.4 is 0 Å². The zero-order valence-electron chi connectivity index (χ0n) is 10.6. The minimum absolute atomic E-state index is 0.0606. The van der Waals surface area contributed by atoms with E-state index in [-0.39, 0.29) is 15.8 Å². The molecule has 0 aromatic heterocycles. The zero-order valence-corrected chi connectivity index (χ0v) is 13.7. The lowest BCUT2D eigenvalue weighted by Crippen LogP contribution is -2.35. The zero-order chi connectivity index (χ0) is 14.6. The SMILES string of the molecule is O=C(Br)CC(C(=O)Br)(c1ccccc1)c1ccccc1. The summed E-state index contributed by atoms with van der Waals surface area (Å²) in [4.78, 5) is 24.0. The monoisotopic (exact) mass is 394 g/mol. The van der Waals surface area contributed by atoms with Crippen LogP contribution in [-0.4, -0.2) is 9.39 Å². The highest BCUT2D eigenvalue weighted by Crippen LogP contribution is 2.39. The van der Waals surface area contributed by atoms with E-state index in [9.17, 15) is 9.59 Å². The number of hydrogen-bond acceptors (Lipinski definition) is 2. The van der Waals surface area contributed by atoms with Crippen molar-refractivity contribution in [2.75, 3.05) is 0 Å². The van der Waals surface area contributed by atoms with Crippen LogP contribution in [0.15, 0.2) is 60.7 Å². The van der Waals surface area contributed by atoms with Crippen molar-refractivity contribution in [3.8, 4) is 0 Å². The highest BCUT2D eigenvalue weighted by atomic mass is 79.9. The molecule has 0 saturated carbocycles. The summed E-state index contributed by atoms with van der Waals surface area (Å²) in [5.41, 5.74) is 0.574. The van der Waals surface area contributed by atoms with Crippen LogP contribution in [-0.2, 0) is 15.0 Å². The second-order valence-electron chi connectivity index (χ2n) is 4.44. The first kappa shape index (κ1) is 15.1. The van der Waals surface area contributed by atoms with Gasteiger partial charge in [-0.2, -0.15) is 0 Å². The molecule has 0 fully saturated rings. The van der Waals surface area contributed by atoms with E-state index in [0.717, 1.165) is 11.1 Å².